The number of anilines is 1. The van der Waals surface area contributed by atoms with Crippen LogP contribution >= 0.6 is 15.9 Å². The number of carbonyl (C=O) groups excluding carboxylic acids is 1. The van der Waals surface area contributed by atoms with E-state index in [0.29, 0.717) is 44.7 Å². The summed E-state index contributed by atoms with van der Waals surface area (Å²) >= 11 is 3.44. The van der Waals surface area contributed by atoms with E-state index in [1.54, 1.807) is 48.5 Å². The zero-order chi connectivity index (χ0) is 24.8. The Labute approximate surface area is 208 Å². The second-order valence-corrected chi connectivity index (χ2v) is 8.15. The Morgan fingerprint density at radius 3 is 2.54 bits per heavy atom. The number of carbonyl (C=O) groups is 1. The highest BCUT2D eigenvalue weighted by atomic mass is 79.9. The molecule has 0 saturated carbocycles. The molecule has 2 N–H and O–H groups in total. The van der Waals surface area contributed by atoms with Crippen LogP contribution in [0.2, 0.25) is 0 Å². The third-order valence-corrected chi connectivity index (χ3v) is 5.56. The number of H-pyrrole nitrogens is 1. The fraction of sp³-hybridized carbons (Fsp3) is 0.120. The number of aromatic amines is 1. The number of ether oxygens (including phenoxy) is 2. The van der Waals surface area contributed by atoms with Gasteiger partial charge in [-0.05, 0) is 59.3 Å². The SMILES string of the molecule is CCOc1cc(C=Nn2c(=O)[nH]c3ccccc3c2=O)c(Br)cc1OCC(=O)Nc1ccccc1. The molecule has 0 aliphatic rings. The van der Waals surface area contributed by atoms with Gasteiger partial charge in [-0.15, -0.1) is 4.68 Å². The van der Waals surface area contributed by atoms with Crippen LogP contribution in [0.5, 0.6) is 11.5 Å². The number of amides is 1. The van der Waals surface area contributed by atoms with Crippen molar-refractivity contribution in [3.63, 3.8) is 0 Å². The molecular formula is C25H21BrN4O5. The summed E-state index contributed by atoms with van der Waals surface area (Å²) in [6.07, 6.45) is 1.36. The summed E-state index contributed by atoms with van der Waals surface area (Å²) in [7, 11) is 0. The maximum absolute atomic E-state index is 12.7. The van der Waals surface area contributed by atoms with Crippen LogP contribution in [0.1, 0.15) is 12.5 Å². The van der Waals surface area contributed by atoms with Crippen molar-refractivity contribution in [2.75, 3.05) is 18.5 Å². The maximum Gasteiger partial charge on any atom is 0.349 e. The highest BCUT2D eigenvalue weighted by Gasteiger charge is 2.13. The van der Waals surface area contributed by atoms with Crippen molar-refractivity contribution in [3.8, 4) is 11.5 Å². The number of para-hydroxylation sites is 2. The first-order valence-corrected chi connectivity index (χ1v) is 11.5. The van der Waals surface area contributed by atoms with Crippen LogP contribution in [-0.4, -0.2) is 35.0 Å². The average Bonchev–Trinajstić information content (AvgIpc) is 2.85. The molecule has 4 aromatic rings. The molecule has 0 unspecified atom stereocenters. The molecule has 4 rings (SSSR count). The fourth-order valence-corrected chi connectivity index (χ4v) is 3.70. The van der Waals surface area contributed by atoms with E-state index in [2.05, 4.69) is 31.3 Å². The van der Waals surface area contributed by atoms with E-state index in [0.717, 1.165) is 4.68 Å². The van der Waals surface area contributed by atoms with E-state index < -0.39 is 11.2 Å². The van der Waals surface area contributed by atoms with Crippen molar-refractivity contribution < 1.29 is 14.3 Å². The first-order chi connectivity index (χ1) is 17.0. The van der Waals surface area contributed by atoms with Gasteiger partial charge in [-0.1, -0.05) is 30.3 Å². The predicted molar refractivity (Wildman–Crippen MR) is 138 cm³/mol. The van der Waals surface area contributed by atoms with E-state index >= 15 is 0 Å². The smallest absolute Gasteiger partial charge is 0.349 e. The summed E-state index contributed by atoms with van der Waals surface area (Å²) in [5, 5.41) is 7.18. The van der Waals surface area contributed by atoms with Gasteiger partial charge >= 0.3 is 5.69 Å². The summed E-state index contributed by atoms with van der Waals surface area (Å²) in [5.74, 6) is 0.402. The molecule has 0 aliphatic carbocycles. The van der Waals surface area contributed by atoms with Crippen molar-refractivity contribution in [3.05, 3.63) is 97.6 Å². The second kappa shape index (κ2) is 10.8. The molecule has 35 heavy (non-hydrogen) atoms. The third-order valence-electron chi connectivity index (χ3n) is 4.88. The number of nitrogens with one attached hydrogen (secondary N) is 2. The van der Waals surface area contributed by atoms with Crippen molar-refractivity contribution in [2.24, 2.45) is 5.10 Å². The number of fused-ring (bicyclic) bond motifs is 1. The highest BCUT2D eigenvalue weighted by Crippen LogP contribution is 2.33. The lowest BCUT2D eigenvalue weighted by Crippen LogP contribution is -2.32. The number of hydrogen-bond donors (Lipinski definition) is 2. The third kappa shape index (κ3) is 5.67. The Kier molecular flexibility index (Phi) is 7.41. The highest BCUT2D eigenvalue weighted by molar-refractivity contribution is 9.10. The number of hydrogen-bond acceptors (Lipinski definition) is 6. The van der Waals surface area contributed by atoms with Crippen LogP contribution in [0, 0.1) is 0 Å². The Hall–Kier alpha value is -4.18. The molecule has 0 aliphatic heterocycles. The zero-order valence-corrected chi connectivity index (χ0v) is 20.2. The van der Waals surface area contributed by atoms with Gasteiger partial charge in [-0.3, -0.25) is 9.59 Å². The molecule has 0 spiro atoms. The quantitative estimate of drug-likeness (QED) is 0.333. The lowest BCUT2D eigenvalue weighted by Gasteiger charge is -2.14. The minimum absolute atomic E-state index is 0.225. The van der Waals surface area contributed by atoms with E-state index in [4.69, 9.17) is 9.47 Å². The largest absolute Gasteiger partial charge is 0.490 e. The molecule has 9 nitrogen and oxygen atoms in total. The summed E-state index contributed by atoms with van der Waals surface area (Å²) in [6, 6.07) is 19.0. The molecule has 0 radical (unpaired) electrons. The van der Waals surface area contributed by atoms with Crippen LogP contribution in [0.4, 0.5) is 5.69 Å². The Morgan fingerprint density at radius 1 is 1.06 bits per heavy atom. The van der Waals surface area contributed by atoms with Crippen LogP contribution in [0.25, 0.3) is 10.9 Å². The molecule has 1 heterocycles. The summed E-state index contributed by atoms with van der Waals surface area (Å²) < 4.78 is 12.7. The minimum atomic E-state index is -0.657. The van der Waals surface area contributed by atoms with E-state index in [1.165, 1.54) is 6.21 Å². The lowest BCUT2D eigenvalue weighted by atomic mass is 10.2. The van der Waals surface area contributed by atoms with Crippen LogP contribution in [0.15, 0.2) is 85.9 Å². The fourth-order valence-electron chi connectivity index (χ4n) is 3.27. The van der Waals surface area contributed by atoms with Crippen LogP contribution in [0.3, 0.4) is 0 Å². The van der Waals surface area contributed by atoms with E-state index in [1.807, 2.05) is 25.1 Å². The van der Waals surface area contributed by atoms with Gasteiger partial charge in [-0.2, -0.15) is 5.10 Å². The summed E-state index contributed by atoms with van der Waals surface area (Å²) in [6.45, 7) is 1.95. The molecule has 0 fully saturated rings. The second-order valence-electron chi connectivity index (χ2n) is 7.29. The number of aromatic nitrogens is 2. The Bertz CT molecular complexity index is 1510. The van der Waals surface area contributed by atoms with Crippen molar-refractivity contribution in [1.29, 1.82) is 0 Å². The monoisotopic (exact) mass is 536 g/mol. The number of nitrogens with zero attached hydrogens (tertiary/aromatic N) is 2. The van der Waals surface area contributed by atoms with Gasteiger partial charge in [0.1, 0.15) is 0 Å². The normalized spacial score (nSPS) is 11.0. The molecule has 0 atom stereocenters. The first-order valence-electron chi connectivity index (χ1n) is 10.7. The molecule has 3 aromatic carbocycles. The summed E-state index contributed by atoms with van der Waals surface area (Å²) in [5.41, 5.74) is 0.444. The number of rotatable bonds is 8. The molecule has 0 saturated heterocycles. The molecule has 0 bridgehead atoms. The van der Waals surface area contributed by atoms with Gasteiger partial charge in [0.15, 0.2) is 18.1 Å². The van der Waals surface area contributed by atoms with Crippen molar-refractivity contribution in [2.45, 2.75) is 6.92 Å². The Morgan fingerprint density at radius 2 is 1.77 bits per heavy atom. The maximum atomic E-state index is 12.7. The van der Waals surface area contributed by atoms with Crippen molar-refractivity contribution in [1.82, 2.24) is 9.66 Å². The van der Waals surface area contributed by atoms with Crippen molar-refractivity contribution >= 4 is 44.6 Å². The molecule has 178 valence electrons. The number of halogens is 1. The van der Waals surface area contributed by atoms with Gasteiger partial charge in [0.25, 0.3) is 11.5 Å². The van der Waals surface area contributed by atoms with E-state index in [9.17, 15) is 14.4 Å². The van der Waals surface area contributed by atoms with Crippen LogP contribution < -0.4 is 26.0 Å². The lowest BCUT2D eigenvalue weighted by molar-refractivity contribution is -0.118. The minimum Gasteiger partial charge on any atom is -0.490 e. The predicted octanol–water partition coefficient (Wildman–Crippen LogP) is 3.75. The molecule has 10 heteroatoms. The van der Waals surface area contributed by atoms with Gasteiger partial charge < -0.3 is 19.8 Å². The number of benzene rings is 3. The van der Waals surface area contributed by atoms with Gasteiger partial charge in [0.2, 0.25) is 0 Å². The van der Waals surface area contributed by atoms with Gasteiger partial charge in [-0.25, -0.2) is 4.79 Å². The van der Waals surface area contributed by atoms with Crippen LogP contribution in [-0.2, 0) is 4.79 Å². The first kappa shape index (κ1) is 24.0. The Balaban J connectivity index is 1.57. The molecule has 1 aromatic heterocycles. The molecular weight excluding hydrogens is 516 g/mol. The van der Waals surface area contributed by atoms with Gasteiger partial charge in [0, 0.05) is 15.7 Å². The van der Waals surface area contributed by atoms with E-state index in [-0.39, 0.29) is 12.5 Å². The molecule has 1 amide bonds. The summed E-state index contributed by atoms with van der Waals surface area (Å²) in [4.78, 5) is 39.9. The topological polar surface area (TPSA) is 115 Å². The van der Waals surface area contributed by atoms with Gasteiger partial charge in [0.05, 0.1) is 23.7 Å². The zero-order valence-electron chi connectivity index (χ0n) is 18.7. The standard InChI is InChI=1S/C25H21BrN4O5/c1-2-34-21-12-16(14-27-30-24(32)18-10-6-7-11-20(18)29-25(30)33)19(26)13-22(21)35-15-23(31)28-17-8-4-3-5-9-17/h3-14H,2,15H2,1H3,(H,28,31)(H,29,33). The average molecular weight is 537 g/mol.